The second-order valence-corrected chi connectivity index (χ2v) is 4.56. The van der Waals surface area contributed by atoms with Crippen molar-refractivity contribution < 1.29 is 0 Å². The third-order valence-electron chi connectivity index (χ3n) is 1.99. The summed E-state index contributed by atoms with van der Waals surface area (Å²) in [4.78, 5) is 0. The molecule has 0 radical (unpaired) electrons. The van der Waals surface area contributed by atoms with Gasteiger partial charge in [-0.1, -0.05) is 32.1 Å². The van der Waals surface area contributed by atoms with Gasteiger partial charge in [0.25, 0.3) is 0 Å². The van der Waals surface area contributed by atoms with E-state index in [1.165, 1.54) is 0 Å². The summed E-state index contributed by atoms with van der Waals surface area (Å²) < 4.78 is 0. The Kier molecular flexibility index (Phi) is 3.47. The summed E-state index contributed by atoms with van der Waals surface area (Å²) in [5, 5.41) is 10.1. The summed E-state index contributed by atoms with van der Waals surface area (Å²) in [5.74, 6) is 1.57. The maximum Gasteiger partial charge on any atom is 0.132 e. The Bertz CT molecular complexity index is 247. The average Bonchev–Trinajstić information content (AvgIpc) is 2.50. The van der Waals surface area contributed by atoms with E-state index in [-0.39, 0.29) is 0 Å². The van der Waals surface area contributed by atoms with Gasteiger partial charge in [0.15, 0.2) is 0 Å². The molecule has 1 heterocycles. The Morgan fingerprint density at radius 3 is 2.42 bits per heavy atom. The zero-order valence-corrected chi connectivity index (χ0v) is 9.11. The van der Waals surface area contributed by atoms with Crippen LogP contribution in [-0.4, -0.2) is 10.2 Å². The van der Waals surface area contributed by atoms with Gasteiger partial charge in [0.1, 0.15) is 10.0 Å². The molecule has 0 aliphatic heterocycles. The van der Waals surface area contributed by atoms with Crippen LogP contribution < -0.4 is 0 Å². The fourth-order valence-electron chi connectivity index (χ4n) is 0.790. The van der Waals surface area contributed by atoms with Crippen molar-refractivity contribution in [1.29, 1.82) is 0 Å². The molecule has 1 atom stereocenters. The van der Waals surface area contributed by atoms with Crippen LogP contribution in [0.4, 0.5) is 0 Å². The van der Waals surface area contributed by atoms with Crippen molar-refractivity contribution in [3.05, 3.63) is 10.0 Å². The van der Waals surface area contributed by atoms with Crippen molar-refractivity contribution in [3.8, 4) is 0 Å². The highest BCUT2D eigenvalue weighted by Gasteiger charge is 2.14. The van der Waals surface area contributed by atoms with E-state index >= 15 is 0 Å². The molecular formula is C8H13ClN2S. The minimum absolute atomic E-state index is 0.475. The minimum Gasteiger partial charge on any atom is -0.143 e. The van der Waals surface area contributed by atoms with E-state index in [0.29, 0.717) is 17.7 Å². The van der Waals surface area contributed by atoms with E-state index in [1.807, 2.05) is 0 Å². The monoisotopic (exact) mass is 204 g/mol. The highest BCUT2D eigenvalue weighted by molar-refractivity contribution is 7.11. The number of aromatic nitrogens is 2. The molecule has 68 valence electrons. The van der Waals surface area contributed by atoms with Crippen molar-refractivity contribution in [2.75, 3.05) is 0 Å². The molecule has 0 bridgehead atoms. The van der Waals surface area contributed by atoms with Crippen LogP contribution in [0.1, 0.15) is 36.7 Å². The largest absolute Gasteiger partial charge is 0.143 e. The minimum atomic E-state index is 0.475. The van der Waals surface area contributed by atoms with E-state index in [9.17, 15) is 0 Å². The topological polar surface area (TPSA) is 25.8 Å². The molecule has 0 aromatic carbocycles. The van der Waals surface area contributed by atoms with Crippen LogP contribution in [0.5, 0.6) is 0 Å². The molecule has 4 heteroatoms. The van der Waals surface area contributed by atoms with Crippen LogP contribution in [0.3, 0.4) is 0 Å². The van der Waals surface area contributed by atoms with Crippen LogP contribution in [0.2, 0.25) is 0 Å². The van der Waals surface area contributed by atoms with Crippen LogP contribution in [0, 0.1) is 5.92 Å². The lowest BCUT2D eigenvalue weighted by atomic mass is 9.99. The van der Waals surface area contributed by atoms with E-state index in [4.69, 9.17) is 11.6 Å². The molecule has 0 spiro atoms. The van der Waals surface area contributed by atoms with Gasteiger partial charge in [0.05, 0.1) is 5.88 Å². The Labute approximate surface area is 82.0 Å². The summed E-state index contributed by atoms with van der Waals surface area (Å²) in [5.41, 5.74) is 0. The van der Waals surface area contributed by atoms with E-state index in [2.05, 4.69) is 31.0 Å². The SMILES string of the molecule is CC(C)C(C)c1nnc(CCl)s1. The number of rotatable bonds is 3. The first kappa shape index (κ1) is 9.93. The smallest absolute Gasteiger partial charge is 0.132 e. The van der Waals surface area contributed by atoms with Crippen molar-refractivity contribution in [3.63, 3.8) is 0 Å². The standard InChI is InChI=1S/C8H13ClN2S/c1-5(2)6(3)8-11-10-7(4-9)12-8/h5-6H,4H2,1-3H3. The zero-order valence-electron chi connectivity index (χ0n) is 7.54. The van der Waals surface area contributed by atoms with Gasteiger partial charge in [0, 0.05) is 5.92 Å². The molecule has 0 saturated heterocycles. The van der Waals surface area contributed by atoms with Crippen LogP contribution in [0.15, 0.2) is 0 Å². The fourth-order valence-corrected chi connectivity index (χ4v) is 1.92. The molecule has 0 saturated carbocycles. The highest BCUT2D eigenvalue weighted by Crippen LogP contribution is 2.26. The van der Waals surface area contributed by atoms with Crippen molar-refractivity contribution >= 4 is 22.9 Å². The molecule has 1 unspecified atom stereocenters. The maximum atomic E-state index is 5.63. The second-order valence-electron chi connectivity index (χ2n) is 3.20. The second kappa shape index (κ2) is 4.19. The molecule has 0 N–H and O–H groups in total. The van der Waals surface area contributed by atoms with Crippen LogP contribution >= 0.6 is 22.9 Å². The van der Waals surface area contributed by atoms with Gasteiger partial charge in [-0.25, -0.2) is 0 Å². The molecular weight excluding hydrogens is 192 g/mol. The Hall–Kier alpha value is -0.150. The van der Waals surface area contributed by atoms with Crippen molar-refractivity contribution in [1.82, 2.24) is 10.2 Å². The normalized spacial score (nSPS) is 13.8. The first-order chi connectivity index (χ1) is 5.65. The molecule has 0 amide bonds. The fraction of sp³-hybridized carbons (Fsp3) is 0.750. The quantitative estimate of drug-likeness (QED) is 0.708. The molecule has 1 aromatic rings. The Morgan fingerprint density at radius 2 is 2.00 bits per heavy atom. The lowest BCUT2D eigenvalue weighted by molar-refractivity contribution is 0.529. The third-order valence-corrected chi connectivity index (χ3v) is 3.52. The summed E-state index contributed by atoms with van der Waals surface area (Å²) in [6.07, 6.45) is 0. The van der Waals surface area contributed by atoms with Crippen molar-refractivity contribution in [2.24, 2.45) is 5.92 Å². The lowest BCUT2D eigenvalue weighted by Gasteiger charge is -2.10. The summed E-state index contributed by atoms with van der Waals surface area (Å²) in [6, 6.07) is 0. The molecule has 0 aliphatic carbocycles. The molecule has 1 rings (SSSR count). The highest BCUT2D eigenvalue weighted by atomic mass is 35.5. The van der Waals surface area contributed by atoms with E-state index < -0.39 is 0 Å². The Balaban J connectivity index is 2.74. The van der Waals surface area contributed by atoms with Crippen LogP contribution in [0.25, 0.3) is 0 Å². The predicted molar refractivity (Wildman–Crippen MR) is 52.7 cm³/mol. The third kappa shape index (κ3) is 2.17. The van der Waals surface area contributed by atoms with Gasteiger partial charge in [0.2, 0.25) is 0 Å². The average molecular weight is 205 g/mol. The molecule has 1 aromatic heterocycles. The number of hydrogen-bond donors (Lipinski definition) is 0. The molecule has 12 heavy (non-hydrogen) atoms. The van der Waals surface area contributed by atoms with E-state index in [0.717, 1.165) is 10.0 Å². The predicted octanol–water partition coefficient (Wildman–Crippen LogP) is 3.04. The summed E-state index contributed by atoms with van der Waals surface area (Å²) >= 11 is 7.25. The number of hydrogen-bond acceptors (Lipinski definition) is 3. The number of nitrogens with zero attached hydrogens (tertiary/aromatic N) is 2. The number of alkyl halides is 1. The van der Waals surface area contributed by atoms with Gasteiger partial charge in [-0.3, -0.25) is 0 Å². The van der Waals surface area contributed by atoms with Crippen molar-refractivity contribution in [2.45, 2.75) is 32.6 Å². The van der Waals surface area contributed by atoms with E-state index in [1.54, 1.807) is 11.3 Å². The zero-order chi connectivity index (χ0) is 9.14. The van der Waals surface area contributed by atoms with Gasteiger partial charge in [-0.05, 0) is 5.92 Å². The first-order valence-electron chi connectivity index (χ1n) is 4.03. The molecule has 2 nitrogen and oxygen atoms in total. The van der Waals surface area contributed by atoms with Gasteiger partial charge < -0.3 is 0 Å². The number of halogens is 1. The molecule has 0 aliphatic rings. The summed E-state index contributed by atoms with van der Waals surface area (Å²) in [7, 11) is 0. The van der Waals surface area contributed by atoms with Gasteiger partial charge in [-0.2, -0.15) is 0 Å². The lowest BCUT2D eigenvalue weighted by Crippen LogP contribution is -2.00. The van der Waals surface area contributed by atoms with Gasteiger partial charge >= 0.3 is 0 Å². The summed E-state index contributed by atoms with van der Waals surface area (Å²) in [6.45, 7) is 6.54. The molecule has 0 fully saturated rings. The first-order valence-corrected chi connectivity index (χ1v) is 5.38. The van der Waals surface area contributed by atoms with Gasteiger partial charge in [-0.15, -0.1) is 21.8 Å². The maximum absolute atomic E-state index is 5.63. The Morgan fingerprint density at radius 1 is 1.33 bits per heavy atom. The van der Waals surface area contributed by atoms with Crippen LogP contribution in [-0.2, 0) is 5.88 Å².